The number of carbonyl (C=O) groups is 1. The Balaban J connectivity index is 3.02. The van der Waals surface area contributed by atoms with Crippen LogP contribution in [0.25, 0.3) is 0 Å². The van der Waals surface area contributed by atoms with Crippen LogP contribution in [-0.2, 0) is 4.79 Å². The Morgan fingerprint density at radius 2 is 0.462 bits per heavy atom. The van der Waals surface area contributed by atoms with E-state index in [0.717, 1.165) is 12.8 Å². The van der Waals surface area contributed by atoms with E-state index in [-0.39, 0.29) is 0 Å². The van der Waals surface area contributed by atoms with E-state index in [1.54, 1.807) is 0 Å². The summed E-state index contributed by atoms with van der Waals surface area (Å²) in [6.45, 7) is 0. The SMILES string of the molecule is O=C(O)CCCCCCCCCCCCCCCCCCCCCCCCCCCCCCCCCCCI. The van der Waals surface area contributed by atoms with Gasteiger partial charge in [0.1, 0.15) is 0 Å². The number of unbranched alkanes of at least 4 members (excludes halogenated alkanes) is 32. The van der Waals surface area contributed by atoms with Crippen LogP contribution in [0.15, 0.2) is 0 Å². The molecule has 0 unspecified atom stereocenters. The van der Waals surface area contributed by atoms with Crippen LogP contribution in [0.4, 0.5) is 0 Å². The minimum absolute atomic E-state index is 0.347. The van der Waals surface area contributed by atoms with Gasteiger partial charge in [0.25, 0.3) is 0 Å². The number of halogens is 1. The topological polar surface area (TPSA) is 37.3 Å². The molecule has 2 nitrogen and oxygen atoms in total. The maximum Gasteiger partial charge on any atom is 0.303 e. The Kier molecular flexibility index (Phi) is 36.4. The number of alkyl halides is 1. The second-order valence-corrected chi connectivity index (χ2v) is 13.6. The molecule has 0 saturated carbocycles. The molecule has 0 spiro atoms. The maximum atomic E-state index is 10.5. The number of carboxylic acid groups (broad SMARTS) is 1. The van der Waals surface area contributed by atoms with Crippen LogP contribution in [0.1, 0.15) is 218 Å². The zero-order valence-corrected chi connectivity index (χ0v) is 28.6. The molecule has 0 amide bonds. The van der Waals surface area contributed by atoms with Crippen molar-refractivity contribution in [3.63, 3.8) is 0 Å². The fourth-order valence-corrected chi connectivity index (χ4v) is 6.39. The summed E-state index contributed by atoms with van der Waals surface area (Å²) in [5.41, 5.74) is 0. The Morgan fingerprint density at radius 1 is 0.308 bits per heavy atom. The third-order valence-corrected chi connectivity index (χ3v) is 9.29. The molecule has 0 aromatic rings. The Hall–Kier alpha value is 0.200. The molecule has 0 saturated heterocycles. The van der Waals surface area contributed by atoms with Gasteiger partial charge in [-0.2, -0.15) is 0 Å². The Bertz CT molecular complexity index is 453. The summed E-state index contributed by atoms with van der Waals surface area (Å²) in [5.74, 6) is -0.647. The van der Waals surface area contributed by atoms with Crippen LogP contribution in [-0.4, -0.2) is 15.5 Å². The van der Waals surface area contributed by atoms with Crippen molar-refractivity contribution in [1.29, 1.82) is 0 Å². The van der Waals surface area contributed by atoms with E-state index < -0.39 is 5.97 Å². The molecule has 0 aliphatic heterocycles. The first kappa shape index (κ1) is 39.2. The van der Waals surface area contributed by atoms with Gasteiger partial charge in [0.05, 0.1) is 0 Å². The van der Waals surface area contributed by atoms with Gasteiger partial charge in [-0.15, -0.1) is 0 Å². The molecule has 0 radical (unpaired) electrons. The average Bonchev–Trinajstić information content (AvgIpc) is 2.93. The first-order chi connectivity index (χ1) is 19.3. The lowest BCUT2D eigenvalue weighted by Gasteiger charge is -2.05. The highest BCUT2D eigenvalue weighted by Crippen LogP contribution is 2.17. The minimum atomic E-state index is -0.647. The number of hydrogen-bond acceptors (Lipinski definition) is 1. The van der Waals surface area contributed by atoms with Gasteiger partial charge in [0, 0.05) is 6.42 Å². The van der Waals surface area contributed by atoms with Crippen LogP contribution < -0.4 is 0 Å². The molecule has 0 bridgehead atoms. The number of carboxylic acids is 1. The van der Waals surface area contributed by atoms with E-state index in [1.807, 2.05) is 0 Å². The molecule has 0 aromatic heterocycles. The van der Waals surface area contributed by atoms with Crippen LogP contribution in [0.3, 0.4) is 0 Å². The van der Waals surface area contributed by atoms with Crippen molar-refractivity contribution in [2.24, 2.45) is 0 Å². The van der Waals surface area contributed by atoms with Crippen molar-refractivity contribution < 1.29 is 9.90 Å². The summed E-state index contributed by atoms with van der Waals surface area (Å²) in [5, 5.41) is 8.63. The van der Waals surface area contributed by atoms with Crippen molar-refractivity contribution >= 4 is 28.6 Å². The molecule has 0 aliphatic rings. The van der Waals surface area contributed by atoms with Crippen LogP contribution in [0, 0.1) is 0 Å². The first-order valence-electron chi connectivity index (χ1n) is 18.0. The molecule has 0 atom stereocenters. The normalized spacial score (nSPS) is 11.4. The monoisotopic (exact) mass is 662 g/mol. The van der Waals surface area contributed by atoms with E-state index in [2.05, 4.69) is 22.6 Å². The molecule has 39 heavy (non-hydrogen) atoms. The highest BCUT2D eigenvalue weighted by molar-refractivity contribution is 14.1. The summed E-state index contributed by atoms with van der Waals surface area (Å²) in [4.78, 5) is 10.5. The van der Waals surface area contributed by atoms with Gasteiger partial charge in [-0.1, -0.05) is 222 Å². The van der Waals surface area contributed by atoms with E-state index in [4.69, 9.17) is 5.11 Å². The van der Waals surface area contributed by atoms with Crippen LogP contribution in [0.2, 0.25) is 0 Å². The zero-order valence-electron chi connectivity index (χ0n) is 26.5. The fourth-order valence-electron chi connectivity index (χ4n) is 5.85. The second-order valence-electron chi connectivity index (χ2n) is 12.5. The largest absolute Gasteiger partial charge is 0.481 e. The smallest absolute Gasteiger partial charge is 0.303 e. The van der Waals surface area contributed by atoms with E-state index in [1.165, 1.54) is 203 Å². The van der Waals surface area contributed by atoms with Gasteiger partial charge in [-0.3, -0.25) is 4.79 Å². The molecule has 0 aliphatic carbocycles. The summed E-state index contributed by atoms with van der Waals surface area (Å²) in [6, 6.07) is 0. The standard InChI is InChI=1S/C36H71IO2/c37-35-33-31-29-27-25-23-21-19-17-15-13-11-9-7-5-3-1-2-4-6-8-10-12-14-16-18-20-22-24-26-28-30-32-34-36(38)39/h1-35H2,(H,38,39). The van der Waals surface area contributed by atoms with Crippen molar-refractivity contribution in [1.82, 2.24) is 0 Å². The van der Waals surface area contributed by atoms with E-state index in [0.29, 0.717) is 6.42 Å². The highest BCUT2D eigenvalue weighted by Gasteiger charge is 1.98. The Labute approximate surface area is 260 Å². The lowest BCUT2D eigenvalue weighted by Crippen LogP contribution is -1.93. The highest BCUT2D eigenvalue weighted by atomic mass is 127. The Morgan fingerprint density at radius 3 is 0.615 bits per heavy atom. The van der Waals surface area contributed by atoms with Crippen molar-refractivity contribution in [2.45, 2.75) is 218 Å². The second kappa shape index (κ2) is 36.2. The van der Waals surface area contributed by atoms with Gasteiger partial charge < -0.3 is 5.11 Å². The van der Waals surface area contributed by atoms with Gasteiger partial charge in [-0.25, -0.2) is 0 Å². The molecule has 3 heteroatoms. The number of rotatable bonds is 35. The minimum Gasteiger partial charge on any atom is -0.481 e. The summed E-state index contributed by atoms with van der Waals surface area (Å²) < 4.78 is 1.34. The van der Waals surface area contributed by atoms with Crippen molar-refractivity contribution in [3.8, 4) is 0 Å². The van der Waals surface area contributed by atoms with Gasteiger partial charge >= 0.3 is 5.97 Å². The molecule has 0 aromatic carbocycles. The summed E-state index contributed by atoms with van der Waals surface area (Å²) >= 11 is 2.50. The average molecular weight is 663 g/mol. The molecule has 0 rings (SSSR count). The zero-order chi connectivity index (χ0) is 28.3. The van der Waals surface area contributed by atoms with Gasteiger partial charge in [-0.05, 0) is 17.3 Å². The summed E-state index contributed by atoms with van der Waals surface area (Å²) in [6.07, 6.45) is 47.0. The molecular formula is C36H71IO2. The molecular weight excluding hydrogens is 591 g/mol. The van der Waals surface area contributed by atoms with Crippen LogP contribution >= 0.6 is 22.6 Å². The number of hydrogen-bond donors (Lipinski definition) is 1. The predicted molar refractivity (Wildman–Crippen MR) is 184 cm³/mol. The maximum absolute atomic E-state index is 10.5. The molecule has 234 valence electrons. The van der Waals surface area contributed by atoms with Gasteiger partial charge in [0.2, 0.25) is 0 Å². The third-order valence-electron chi connectivity index (χ3n) is 8.52. The third kappa shape index (κ3) is 38.2. The predicted octanol–water partition coefficient (Wildman–Crippen LogP) is 13.8. The lowest BCUT2D eigenvalue weighted by atomic mass is 10.0. The van der Waals surface area contributed by atoms with E-state index in [9.17, 15) is 4.79 Å². The first-order valence-corrected chi connectivity index (χ1v) is 19.6. The molecule has 0 heterocycles. The van der Waals surface area contributed by atoms with E-state index >= 15 is 0 Å². The van der Waals surface area contributed by atoms with Crippen molar-refractivity contribution in [3.05, 3.63) is 0 Å². The quantitative estimate of drug-likeness (QED) is 0.0417. The fraction of sp³-hybridized carbons (Fsp3) is 0.972. The van der Waals surface area contributed by atoms with Gasteiger partial charge in [0.15, 0.2) is 0 Å². The van der Waals surface area contributed by atoms with Crippen LogP contribution in [0.5, 0.6) is 0 Å². The lowest BCUT2D eigenvalue weighted by molar-refractivity contribution is -0.137. The summed E-state index contributed by atoms with van der Waals surface area (Å²) in [7, 11) is 0. The molecule has 1 N–H and O–H groups in total. The molecule has 0 fully saturated rings. The van der Waals surface area contributed by atoms with Crippen molar-refractivity contribution in [2.75, 3.05) is 4.43 Å². The number of aliphatic carboxylic acids is 1.